The molecule has 0 radical (unpaired) electrons. The van der Waals surface area contributed by atoms with Crippen molar-refractivity contribution >= 4 is 6.03 Å². The number of para-hydroxylation sites is 2. The van der Waals surface area contributed by atoms with Gasteiger partial charge in [0.2, 0.25) is 0 Å². The van der Waals surface area contributed by atoms with Gasteiger partial charge < -0.3 is 19.5 Å². The van der Waals surface area contributed by atoms with Crippen molar-refractivity contribution in [3.05, 3.63) is 60.4 Å². The SMILES string of the molecule is COc1ccccc1-n1cc(C(C)NC(=O)N(C)CCn2ccnc2C)cn1. The first-order valence-electron chi connectivity index (χ1n) is 9.17. The van der Waals surface area contributed by atoms with Crippen LogP contribution in [0.2, 0.25) is 0 Å². The molecule has 148 valence electrons. The number of hydrogen-bond donors (Lipinski definition) is 1. The molecule has 0 bridgehead atoms. The summed E-state index contributed by atoms with van der Waals surface area (Å²) in [6, 6.07) is 7.37. The van der Waals surface area contributed by atoms with Gasteiger partial charge in [0.05, 0.1) is 19.3 Å². The highest BCUT2D eigenvalue weighted by Gasteiger charge is 2.16. The highest BCUT2D eigenvalue weighted by atomic mass is 16.5. The van der Waals surface area contributed by atoms with Crippen LogP contribution in [0.3, 0.4) is 0 Å². The van der Waals surface area contributed by atoms with Crippen LogP contribution in [0.25, 0.3) is 5.69 Å². The van der Waals surface area contributed by atoms with Gasteiger partial charge in [0.1, 0.15) is 17.3 Å². The molecular formula is C20H26N6O2. The normalized spacial score (nSPS) is 11.9. The molecule has 0 saturated heterocycles. The summed E-state index contributed by atoms with van der Waals surface area (Å²) in [5.41, 5.74) is 1.76. The lowest BCUT2D eigenvalue weighted by molar-refractivity contribution is 0.203. The first-order valence-corrected chi connectivity index (χ1v) is 9.17. The molecule has 1 atom stereocenters. The summed E-state index contributed by atoms with van der Waals surface area (Å²) in [4.78, 5) is 18.4. The summed E-state index contributed by atoms with van der Waals surface area (Å²) in [7, 11) is 3.42. The summed E-state index contributed by atoms with van der Waals surface area (Å²) >= 11 is 0. The highest BCUT2D eigenvalue weighted by molar-refractivity contribution is 5.74. The monoisotopic (exact) mass is 382 g/mol. The predicted molar refractivity (Wildman–Crippen MR) is 107 cm³/mol. The van der Waals surface area contributed by atoms with Crippen LogP contribution in [0.4, 0.5) is 4.79 Å². The lowest BCUT2D eigenvalue weighted by atomic mass is 10.2. The summed E-state index contributed by atoms with van der Waals surface area (Å²) in [5, 5.41) is 7.42. The fourth-order valence-electron chi connectivity index (χ4n) is 2.89. The van der Waals surface area contributed by atoms with Gasteiger partial charge in [-0.2, -0.15) is 5.10 Å². The van der Waals surface area contributed by atoms with E-state index in [1.54, 1.807) is 36.1 Å². The van der Waals surface area contributed by atoms with Crippen LogP contribution in [0.15, 0.2) is 49.1 Å². The van der Waals surface area contributed by atoms with Gasteiger partial charge in [-0.05, 0) is 26.0 Å². The van der Waals surface area contributed by atoms with E-state index in [9.17, 15) is 4.79 Å². The van der Waals surface area contributed by atoms with Crippen LogP contribution in [0.1, 0.15) is 24.4 Å². The number of hydrogen-bond acceptors (Lipinski definition) is 4. The van der Waals surface area contributed by atoms with Crippen molar-refractivity contribution < 1.29 is 9.53 Å². The third-order valence-electron chi connectivity index (χ3n) is 4.72. The van der Waals surface area contributed by atoms with Crippen molar-refractivity contribution in [2.45, 2.75) is 26.4 Å². The number of methoxy groups -OCH3 is 1. The van der Waals surface area contributed by atoms with Crippen molar-refractivity contribution in [2.24, 2.45) is 0 Å². The molecule has 0 fully saturated rings. The fourth-order valence-corrected chi connectivity index (χ4v) is 2.89. The molecule has 2 heterocycles. The number of urea groups is 1. The summed E-state index contributed by atoms with van der Waals surface area (Å²) in [5.74, 6) is 1.68. The first kappa shape index (κ1) is 19.5. The fraction of sp³-hybridized carbons (Fsp3) is 0.350. The predicted octanol–water partition coefficient (Wildman–Crippen LogP) is 2.79. The van der Waals surface area contributed by atoms with Gasteiger partial charge >= 0.3 is 6.03 Å². The molecule has 0 saturated carbocycles. The second kappa shape index (κ2) is 8.60. The number of nitrogens with zero attached hydrogens (tertiary/aromatic N) is 5. The molecule has 8 heteroatoms. The zero-order chi connectivity index (χ0) is 20.1. The van der Waals surface area contributed by atoms with Crippen LogP contribution in [0.5, 0.6) is 5.75 Å². The van der Waals surface area contributed by atoms with E-state index in [1.807, 2.05) is 55.1 Å². The number of rotatable bonds is 7. The highest BCUT2D eigenvalue weighted by Crippen LogP contribution is 2.23. The number of nitrogens with one attached hydrogen (secondary N) is 1. The van der Waals surface area contributed by atoms with Crippen molar-refractivity contribution in [2.75, 3.05) is 20.7 Å². The Labute approximate surface area is 164 Å². The molecule has 0 aliphatic carbocycles. The second-order valence-corrected chi connectivity index (χ2v) is 6.65. The van der Waals surface area contributed by atoms with Gasteiger partial charge in [-0.15, -0.1) is 0 Å². The van der Waals surface area contributed by atoms with E-state index < -0.39 is 0 Å². The van der Waals surface area contributed by atoms with Crippen molar-refractivity contribution in [1.82, 2.24) is 29.5 Å². The third-order valence-corrected chi connectivity index (χ3v) is 4.72. The molecule has 2 aromatic heterocycles. The Bertz CT molecular complexity index is 932. The van der Waals surface area contributed by atoms with E-state index >= 15 is 0 Å². The van der Waals surface area contributed by atoms with E-state index in [0.717, 1.165) is 22.8 Å². The molecule has 3 rings (SSSR count). The number of carbonyl (C=O) groups excluding carboxylic acids is 1. The minimum absolute atomic E-state index is 0.129. The van der Waals surface area contributed by atoms with Gasteiger partial charge in [-0.25, -0.2) is 14.5 Å². The largest absolute Gasteiger partial charge is 0.494 e. The van der Waals surface area contributed by atoms with Crippen LogP contribution in [-0.4, -0.2) is 51.0 Å². The van der Waals surface area contributed by atoms with Crippen molar-refractivity contribution in [3.63, 3.8) is 0 Å². The molecule has 1 unspecified atom stereocenters. The third kappa shape index (κ3) is 4.33. The zero-order valence-electron chi connectivity index (χ0n) is 16.7. The van der Waals surface area contributed by atoms with Gasteiger partial charge in [0, 0.05) is 44.3 Å². The van der Waals surface area contributed by atoms with E-state index in [1.165, 1.54) is 0 Å². The summed E-state index contributed by atoms with van der Waals surface area (Å²) in [6.45, 7) is 5.18. The molecular weight excluding hydrogens is 356 g/mol. The molecule has 1 N–H and O–H groups in total. The van der Waals surface area contributed by atoms with Gasteiger partial charge in [-0.1, -0.05) is 12.1 Å². The second-order valence-electron chi connectivity index (χ2n) is 6.65. The maximum absolute atomic E-state index is 12.5. The smallest absolute Gasteiger partial charge is 0.317 e. The van der Waals surface area contributed by atoms with Crippen LogP contribution < -0.4 is 10.1 Å². The Morgan fingerprint density at radius 2 is 2.14 bits per heavy atom. The Kier molecular flexibility index (Phi) is 5.98. The van der Waals surface area contributed by atoms with Gasteiger partial charge in [0.25, 0.3) is 0 Å². The summed E-state index contributed by atoms with van der Waals surface area (Å²) in [6.07, 6.45) is 7.33. The molecule has 2 amide bonds. The van der Waals surface area contributed by atoms with Crippen LogP contribution >= 0.6 is 0 Å². The Balaban J connectivity index is 1.60. The van der Waals surface area contributed by atoms with E-state index in [2.05, 4.69) is 15.4 Å². The van der Waals surface area contributed by atoms with Crippen LogP contribution in [0, 0.1) is 6.92 Å². The number of aryl methyl sites for hydroxylation is 1. The lowest BCUT2D eigenvalue weighted by Crippen LogP contribution is -2.40. The lowest BCUT2D eigenvalue weighted by Gasteiger charge is -2.21. The topological polar surface area (TPSA) is 77.2 Å². The number of ether oxygens (including phenoxy) is 1. The quantitative estimate of drug-likeness (QED) is 0.682. The number of aromatic nitrogens is 4. The molecule has 8 nitrogen and oxygen atoms in total. The Morgan fingerprint density at radius 3 is 2.86 bits per heavy atom. The Hall–Kier alpha value is -3.29. The molecule has 0 spiro atoms. The number of carbonyl (C=O) groups is 1. The van der Waals surface area contributed by atoms with Crippen molar-refractivity contribution in [1.29, 1.82) is 0 Å². The number of benzene rings is 1. The van der Waals surface area contributed by atoms with Gasteiger partial charge in [0.15, 0.2) is 0 Å². The summed E-state index contributed by atoms with van der Waals surface area (Å²) < 4.78 is 9.16. The first-order chi connectivity index (χ1) is 13.5. The van der Waals surface area contributed by atoms with E-state index in [0.29, 0.717) is 13.1 Å². The minimum atomic E-state index is -0.173. The van der Waals surface area contributed by atoms with Crippen LogP contribution in [-0.2, 0) is 6.54 Å². The number of likely N-dealkylation sites (N-methyl/N-ethyl adjacent to an activating group) is 1. The zero-order valence-corrected chi connectivity index (χ0v) is 16.7. The molecule has 0 aliphatic rings. The Morgan fingerprint density at radius 1 is 1.36 bits per heavy atom. The molecule has 0 aliphatic heterocycles. The molecule has 3 aromatic rings. The number of amides is 2. The average Bonchev–Trinajstić information content (AvgIpc) is 3.35. The van der Waals surface area contributed by atoms with Crippen molar-refractivity contribution in [3.8, 4) is 11.4 Å². The number of imidazole rings is 1. The van der Waals surface area contributed by atoms with E-state index in [4.69, 9.17) is 4.74 Å². The maximum Gasteiger partial charge on any atom is 0.317 e. The minimum Gasteiger partial charge on any atom is -0.494 e. The van der Waals surface area contributed by atoms with E-state index in [-0.39, 0.29) is 12.1 Å². The maximum atomic E-state index is 12.5. The average molecular weight is 382 g/mol. The van der Waals surface area contributed by atoms with Gasteiger partial charge in [-0.3, -0.25) is 0 Å². The standard InChI is InChI=1S/C20H26N6O2/c1-15(23-20(27)24(3)11-12-25-10-9-21-16(25)2)17-13-22-26(14-17)18-7-5-6-8-19(18)28-4/h5-10,13-15H,11-12H2,1-4H3,(H,23,27). The molecule has 28 heavy (non-hydrogen) atoms. The molecule has 1 aromatic carbocycles.